The van der Waals surface area contributed by atoms with Crippen LogP contribution in [0.15, 0.2) is 60.7 Å². The van der Waals surface area contributed by atoms with Gasteiger partial charge >= 0.3 is 5.97 Å². The minimum Gasteiger partial charge on any atom is -0.480 e. The van der Waals surface area contributed by atoms with Crippen LogP contribution in [-0.2, 0) is 35.3 Å². The zero-order valence-electron chi connectivity index (χ0n) is 23.5. The van der Waals surface area contributed by atoms with E-state index in [9.17, 15) is 24.0 Å². The molecule has 2 aromatic rings. The summed E-state index contributed by atoms with van der Waals surface area (Å²) in [6, 6.07) is 14.2. The fourth-order valence-corrected chi connectivity index (χ4v) is 4.46. The predicted octanol–water partition coefficient (Wildman–Crippen LogP) is 2.50. The first-order valence-corrected chi connectivity index (χ1v) is 13.8. The van der Waals surface area contributed by atoms with Crippen LogP contribution in [0.1, 0.15) is 38.2 Å². The van der Waals surface area contributed by atoms with Gasteiger partial charge in [0.05, 0.1) is 0 Å². The summed E-state index contributed by atoms with van der Waals surface area (Å²) < 4.78 is 4.90. The summed E-state index contributed by atoms with van der Waals surface area (Å²) in [6.07, 6.45) is 2.82. The molecule has 12 heteroatoms. The summed E-state index contributed by atoms with van der Waals surface area (Å²) in [5, 5.41) is 15.1. The number of ether oxygens (including phenoxy) is 1. The average Bonchev–Trinajstić information content (AvgIpc) is 3.30. The van der Waals surface area contributed by atoms with Crippen LogP contribution in [0.5, 0.6) is 0 Å². The summed E-state index contributed by atoms with van der Waals surface area (Å²) in [6.45, 7) is 4.46. The lowest BCUT2D eigenvalue weighted by Crippen LogP contribution is -2.38. The fourth-order valence-electron chi connectivity index (χ4n) is 4.46. The molecule has 1 aliphatic heterocycles. The molecule has 1 heterocycles. The number of benzene rings is 2. The standard InChI is InChI=1S/C30H37N5O7/c1-2-34(16-17-35-28(38)14-15-29(35)39)24-12-10-22(11-13-24)32-19-21-6-8-23(9-7-21)33-27(37)5-3-4-25(42-20-36)18-26(31)30(40)41/h6-15,20,25-26,32H,2-5,16-19,31H2,1H3,(H,33,37)(H,40,41). The summed E-state index contributed by atoms with van der Waals surface area (Å²) in [7, 11) is 0. The van der Waals surface area contributed by atoms with E-state index in [4.69, 9.17) is 15.6 Å². The third-order valence-electron chi connectivity index (χ3n) is 6.85. The molecule has 0 bridgehead atoms. The Bertz CT molecular complexity index is 1250. The number of rotatable bonds is 18. The van der Waals surface area contributed by atoms with Gasteiger partial charge in [0.25, 0.3) is 18.3 Å². The molecule has 0 aliphatic carbocycles. The van der Waals surface area contributed by atoms with Gasteiger partial charge in [-0.15, -0.1) is 0 Å². The van der Waals surface area contributed by atoms with Crippen molar-refractivity contribution >= 4 is 47.2 Å². The van der Waals surface area contributed by atoms with Crippen molar-refractivity contribution in [1.29, 1.82) is 0 Å². The van der Waals surface area contributed by atoms with E-state index < -0.39 is 18.1 Å². The zero-order valence-corrected chi connectivity index (χ0v) is 23.5. The number of hydrogen-bond donors (Lipinski definition) is 4. The van der Waals surface area contributed by atoms with Crippen molar-refractivity contribution in [2.75, 3.05) is 35.2 Å². The Morgan fingerprint density at radius 2 is 1.69 bits per heavy atom. The molecule has 0 saturated heterocycles. The van der Waals surface area contributed by atoms with Crippen molar-refractivity contribution < 1.29 is 33.8 Å². The van der Waals surface area contributed by atoms with Gasteiger partial charge in [0.2, 0.25) is 5.91 Å². The Morgan fingerprint density at radius 1 is 1.05 bits per heavy atom. The predicted molar refractivity (Wildman–Crippen MR) is 158 cm³/mol. The number of carboxylic acid groups (broad SMARTS) is 1. The van der Waals surface area contributed by atoms with E-state index in [0.29, 0.717) is 38.2 Å². The molecule has 3 rings (SSSR count). The van der Waals surface area contributed by atoms with Gasteiger partial charge in [0, 0.05) is 68.2 Å². The highest BCUT2D eigenvalue weighted by Gasteiger charge is 2.23. The average molecular weight is 580 g/mol. The lowest BCUT2D eigenvalue weighted by molar-refractivity contribution is -0.142. The molecular weight excluding hydrogens is 542 g/mol. The van der Waals surface area contributed by atoms with Gasteiger partial charge in [-0.1, -0.05) is 12.1 Å². The third-order valence-corrected chi connectivity index (χ3v) is 6.85. The monoisotopic (exact) mass is 579 g/mol. The number of nitrogens with one attached hydrogen (secondary N) is 2. The van der Waals surface area contributed by atoms with Crippen molar-refractivity contribution in [3.05, 3.63) is 66.2 Å². The number of anilines is 3. The maximum absolute atomic E-state index is 12.3. The summed E-state index contributed by atoms with van der Waals surface area (Å²) in [4.78, 5) is 60.8. The first kappa shape index (κ1) is 31.8. The first-order chi connectivity index (χ1) is 20.2. The highest BCUT2D eigenvalue weighted by Crippen LogP contribution is 2.20. The molecule has 42 heavy (non-hydrogen) atoms. The number of imide groups is 1. The van der Waals surface area contributed by atoms with Crippen molar-refractivity contribution in [3.8, 4) is 0 Å². The number of nitrogens with two attached hydrogens (primary N) is 1. The van der Waals surface area contributed by atoms with Crippen LogP contribution in [0, 0.1) is 0 Å². The fraction of sp³-hybridized carbons (Fsp3) is 0.367. The van der Waals surface area contributed by atoms with Crippen LogP contribution in [-0.4, -0.2) is 71.9 Å². The number of carboxylic acids is 1. The molecule has 0 spiro atoms. The van der Waals surface area contributed by atoms with Gasteiger partial charge in [0.1, 0.15) is 12.1 Å². The second-order valence-electron chi connectivity index (χ2n) is 9.81. The molecule has 2 unspecified atom stereocenters. The largest absolute Gasteiger partial charge is 0.480 e. The number of nitrogens with zero attached hydrogens (tertiary/aromatic N) is 2. The Balaban J connectivity index is 1.40. The second-order valence-corrected chi connectivity index (χ2v) is 9.81. The Kier molecular flexibility index (Phi) is 12.1. The smallest absolute Gasteiger partial charge is 0.320 e. The van der Waals surface area contributed by atoms with Crippen LogP contribution < -0.4 is 21.3 Å². The molecule has 0 saturated carbocycles. The Labute approximate surface area is 244 Å². The van der Waals surface area contributed by atoms with E-state index in [1.165, 1.54) is 17.1 Å². The summed E-state index contributed by atoms with van der Waals surface area (Å²) in [5.41, 5.74) is 9.09. The molecular formula is C30H37N5O7. The van der Waals surface area contributed by atoms with Crippen LogP contribution in [0.4, 0.5) is 17.1 Å². The topological polar surface area (TPSA) is 171 Å². The van der Waals surface area contributed by atoms with E-state index in [-0.39, 0.29) is 37.0 Å². The number of carbonyl (C=O) groups excluding carboxylic acids is 4. The quantitative estimate of drug-likeness (QED) is 0.152. The van der Waals surface area contributed by atoms with Gasteiger partial charge in [-0.05, 0) is 61.7 Å². The minimum atomic E-state index is -1.18. The third kappa shape index (κ3) is 9.73. The Hall–Kier alpha value is -4.71. The maximum atomic E-state index is 12.3. The summed E-state index contributed by atoms with van der Waals surface area (Å²) >= 11 is 0. The molecule has 0 fully saturated rings. The number of amides is 3. The summed E-state index contributed by atoms with van der Waals surface area (Å²) in [5.74, 6) is -1.94. The Morgan fingerprint density at radius 3 is 2.29 bits per heavy atom. The zero-order chi connectivity index (χ0) is 30.5. The van der Waals surface area contributed by atoms with Crippen LogP contribution in [0.2, 0.25) is 0 Å². The highest BCUT2D eigenvalue weighted by atomic mass is 16.5. The number of aliphatic carboxylic acids is 1. The first-order valence-electron chi connectivity index (χ1n) is 13.8. The lowest BCUT2D eigenvalue weighted by atomic mass is 10.0. The van der Waals surface area contributed by atoms with Gasteiger partial charge in [-0.3, -0.25) is 28.9 Å². The molecule has 224 valence electrons. The minimum absolute atomic E-state index is 0.0180. The van der Waals surface area contributed by atoms with Gasteiger partial charge in [0.15, 0.2) is 0 Å². The van der Waals surface area contributed by atoms with Crippen molar-refractivity contribution in [1.82, 2.24) is 4.90 Å². The van der Waals surface area contributed by atoms with E-state index in [1.807, 2.05) is 55.5 Å². The SMILES string of the molecule is CCN(CCN1C(=O)C=CC1=O)c1ccc(NCc2ccc(NC(=O)CCCC(CC(N)C(=O)O)OC=O)cc2)cc1. The van der Waals surface area contributed by atoms with Crippen LogP contribution in [0.25, 0.3) is 0 Å². The van der Waals surface area contributed by atoms with Crippen molar-refractivity contribution in [2.45, 2.75) is 51.3 Å². The molecule has 1 aliphatic rings. The molecule has 0 radical (unpaired) electrons. The number of likely N-dealkylation sites (N-methyl/N-ethyl adjacent to an activating group) is 1. The van der Waals surface area contributed by atoms with Gasteiger partial charge in [-0.2, -0.15) is 0 Å². The van der Waals surface area contributed by atoms with E-state index in [2.05, 4.69) is 15.5 Å². The van der Waals surface area contributed by atoms with E-state index >= 15 is 0 Å². The molecule has 5 N–H and O–H groups in total. The molecule has 12 nitrogen and oxygen atoms in total. The van der Waals surface area contributed by atoms with E-state index in [1.54, 1.807) is 0 Å². The molecule has 0 aromatic heterocycles. The lowest BCUT2D eigenvalue weighted by Gasteiger charge is -2.25. The van der Waals surface area contributed by atoms with Crippen molar-refractivity contribution in [2.24, 2.45) is 5.73 Å². The van der Waals surface area contributed by atoms with Crippen LogP contribution >= 0.6 is 0 Å². The highest BCUT2D eigenvalue weighted by molar-refractivity contribution is 6.12. The number of carbonyl (C=O) groups is 5. The van der Waals surface area contributed by atoms with E-state index in [0.717, 1.165) is 23.5 Å². The maximum Gasteiger partial charge on any atom is 0.320 e. The molecule has 2 aromatic carbocycles. The van der Waals surface area contributed by atoms with Gasteiger partial charge < -0.3 is 31.1 Å². The van der Waals surface area contributed by atoms with Gasteiger partial charge in [-0.25, -0.2) is 0 Å². The molecule has 2 atom stereocenters. The van der Waals surface area contributed by atoms with Crippen LogP contribution in [0.3, 0.4) is 0 Å². The second kappa shape index (κ2) is 15.9. The number of hydrogen-bond acceptors (Lipinski definition) is 9. The molecule has 3 amide bonds. The normalized spacial score (nSPS) is 13.9. The van der Waals surface area contributed by atoms with Crippen molar-refractivity contribution in [3.63, 3.8) is 0 Å².